The molecule has 0 bridgehead atoms. The maximum Gasteiger partial charge on any atom is 0.466 e. The van der Waals surface area contributed by atoms with E-state index in [0.29, 0.717) is 11.1 Å². The van der Waals surface area contributed by atoms with Gasteiger partial charge in [-0.05, 0) is 55.0 Å². The first kappa shape index (κ1) is 38.4. The Labute approximate surface area is 252 Å². The van der Waals surface area contributed by atoms with Crippen molar-refractivity contribution in [2.75, 3.05) is 19.8 Å². The van der Waals surface area contributed by atoms with E-state index in [-0.39, 0.29) is 21.7 Å². The number of benzene rings is 2. The van der Waals surface area contributed by atoms with Crippen LogP contribution in [-0.2, 0) is 31.8 Å². The van der Waals surface area contributed by atoms with E-state index < -0.39 is 38.7 Å². The SMILES string of the molecule is CC(C)(C)c1ccc(C(O)(c2ccc(C(C)(C)C)cc2C(C)(C)C)C(CO)(CO)CO)c(C(C)(C)C)c1.O=P(O)(O)O. The summed E-state index contributed by atoms with van der Waals surface area (Å²) in [6.45, 7) is 23.8. The van der Waals surface area contributed by atoms with Crippen LogP contribution < -0.4 is 0 Å². The van der Waals surface area contributed by atoms with Gasteiger partial charge in [0, 0.05) is 0 Å². The van der Waals surface area contributed by atoms with Crippen LogP contribution in [-0.4, -0.2) is 54.9 Å². The summed E-state index contributed by atoms with van der Waals surface area (Å²) in [6, 6.07) is 12.2. The molecule has 0 atom stereocenters. The molecule has 2 aromatic carbocycles. The van der Waals surface area contributed by atoms with Crippen molar-refractivity contribution in [3.05, 3.63) is 69.8 Å². The normalized spacial score (nSPS) is 14.0. The highest BCUT2D eigenvalue weighted by Crippen LogP contribution is 2.51. The first-order valence-corrected chi connectivity index (χ1v) is 15.8. The van der Waals surface area contributed by atoms with E-state index in [1.807, 2.05) is 24.3 Å². The Morgan fingerprint density at radius 1 is 0.524 bits per heavy atom. The Hall–Kier alpha value is -1.61. The van der Waals surface area contributed by atoms with Gasteiger partial charge in [-0.15, -0.1) is 0 Å². The van der Waals surface area contributed by atoms with E-state index in [9.17, 15) is 20.4 Å². The van der Waals surface area contributed by atoms with Gasteiger partial charge in [0.25, 0.3) is 0 Å². The predicted molar refractivity (Wildman–Crippen MR) is 169 cm³/mol. The summed E-state index contributed by atoms with van der Waals surface area (Å²) >= 11 is 0. The Kier molecular flexibility index (Phi) is 11.7. The average Bonchev–Trinajstić information content (AvgIpc) is 2.81. The van der Waals surface area contributed by atoms with Crippen molar-refractivity contribution >= 4 is 7.82 Å². The fourth-order valence-electron chi connectivity index (χ4n) is 5.10. The third-order valence-corrected chi connectivity index (χ3v) is 7.84. The molecule has 0 unspecified atom stereocenters. The molecule has 42 heavy (non-hydrogen) atoms. The molecule has 0 heterocycles. The van der Waals surface area contributed by atoms with Crippen LogP contribution in [0.4, 0.5) is 0 Å². The summed E-state index contributed by atoms with van der Waals surface area (Å²) in [4.78, 5) is 21.6. The number of phosphoric acid groups is 1. The molecule has 0 aliphatic carbocycles. The second-order valence-electron chi connectivity index (χ2n) is 15.5. The van der Waals surface area contributed by atoms with Crippen LogP contribution in [0.3, 0.4) is 0 Å². The summed E-state index contributed by atoms with van der Waals surface area (Å²) in [5.41, 5.74) is 0.863. The van der Waals surface area contributed by atoms with Gasteiger partial charge in [-0.3, -0.25) is 0 Å². The fraction of sp³-hybridized carbons (Fsp3) is 0.636. The molecule has 0 saturated heterocycles. The van der Waals surface area contributed by atoms with E-state index in [0.717, 1.165) is 22.3 Å². The van der Waals surface area contributed by atoms with Crippen LogP contribution in [0, 0.1) is 5.41 Å². The lowest BCUT2D eigenvalue weighted by molar-refractivity contribution is -0.137. The van der Waals surface area contributed by atoms with Gasteiger partial charge in [-0.2, -0.15) is 0 Å². The van der Waals surface area contributed by atoms with Crippen molar-refractivity contribution in [1.29, 1.82) is 0 Å². The van der Waals surface area contributed by atoms with Crippen LogP contribution >= 0.6 is 7.82 Å². The van der Waals surface area contributed by atoms with Crippen LogP contribution in [0.25, 0.3) is 0 Å². The third kappa shape index (κ3) is 8.73. The molecule has 0 saturated carbocycles. The Balaban J connectivity index is 0.00000162. The number of aliphatic hydroxyl groups is 4. The molecular formula is C33H55O8P. The molecule has 0 radical (unpaired) electrons. The lowest BCUT2D eigenvalue weighted by Gasteiger charge is -2.49. The minimum Gasteiger partial charge on any atom is -0.395 e. The maximum atomic E-state index is 13.1. The van der Waals surface area contributed by atoms with Gasteiger partial charge >= 0.3 is 7.82 Å². The largest absolute Gasteiger partial charge is 0.466 e. The van der Waals surface area contributed by atoms with Crippen molar-refractivity contribution in [3.8, 4) is 0 Å². The molecule has 7 N–H and O–H groups in total. The van der Waals surface area contributed by atoms with Crippen LogP contribution in [0.15, 0.2) is 36.4 Å². The van der Waals surface area contributed by atoms with Crippen LogP contribution in [0.2, 0.25) is 0 Å². The van der Waals surface area contributed by atoms with Gasteiger partial charge in [0.2, 0.25) is 0 Å². The summed E-state index contributed by atoms with van der Waals surface area (Å²) < 4.78 is 8.88. The maximum absolute atomic E-state index is 13.1. The lowest BCUT2D eigenvalue weighted by Crippen LogP contribution is -2.55. The average molecular weight is 611 g/mol. The first-order chi connectivity index (χ1) is 18.6. The molecule has 9 heteroatoms. The van der Waals surface area contributed by atoms with Crippen LogP contribution in [0.5, 0.6) is 0 Å². The van der Waals surface area contributed by atoms with E-state index in [1.54, 1.807) is 0 Å². The lowest BCUT2D eigenvalue weighted by atomic mass is 9.60. The molecule has 0 spiro atoms. The minimum atomic E-state index is -4.64. The molecule has 0 aromatic heterocycles. The van der Waals surface area contributed by atoms with Crippen molar-refractivity contribution < 1.29 is 39.7 Å². The van der Waals surface area contributed by atoms with E-state index in [2.05, 4.69) is 95.2 Å². The van der Waals surface area contributed by atoms with E-state index in [4.69, 9.17) is 19.2 Å². The molecule has 2 rings (SSSR count). The summed E-state index contributed by atoms with van der Waals surface area (Å²) in [6.07, 6.45) is 0. The zero-order valence-electron chi connectivity index (χ0n) is 27.6. The second kappa shape index (κ2) is 12.8. The highest BCUT2D eigenvalue weighted by molar-refractivity contribution is 7.45. The van der Waals surface area contributed by atoms with Gasteiger partial charge in [0.1, 0.15) is 5.60 Å². The Morgan fingerprint density at radius 2 is 0.786 bits per heavy atom. The highest BCUT2D eigenvalue weighted by Gasteiger charge is 2.55. The summed E-state index contributed by atoms with van der Waals surface area (Å²) in [5, 5.41) is 45.2. The highest BCUT2D eigenvalue weighted by atomic mass is 31.2. The van der Waals surface area contributed by atoms with Gasteiger partial charge < -0.3 is 35.1 Å². The standard InChI is InChI=1S/C33H52O4.H3O4P/c1-28(2,3)22-13-15-24(26(17-22)30(7,8)9)33(37,32(19-34,20-35)21-36)25-16-14-23(29(4,5)6)18-27(25)31(10,11)12;1-5(2,3)4/h13-18,34-37H,19-21H2,1-12H3;(H3,1,2,3,4). The van der Waals surface area contributed by atoms with E-state index in [1.165, 1.54) is 0 Å². The summed E-state index contributed by atoms with van der Waals surface area (Å²) in [7, 11) is -4.64. The van der Waals surface area contributed by atoms with Crippen molar-refractivity contribution in [1.82, 2.24) is 0 Å². The molecule has 0 fully saturated rings. The number of rotatable bonds is 6. The quantitative estimate of drug-likeness (QED) is 0.221. The third-order valence-electron chi connectivity index (χ3n) is 7.84. The molecule has 2 aromatic rings. The number of aliphatic hydroxyl groups excluding tert-OH is 3. The molecule has 0 aliphatic rings. The smallest absolute Gasteiger partial charge is 0.395 e. The molecular weight excluding hydrogens is 555 g/mol. The topological polar surface area (TPSA) is 159 Å². The monoisotopic (exact) mass is 610 g/mol. The van der Waals surface area contributed by atoms with Crippen molar-refractivity contribution in [3.63, 3.8) is 0 Å². The fourth-order valence-corrected chi connectivity index (χ4v) is 5.10. The predicted octanol–water partition coefficient (Wildman–Crippen LogP) is 5.15. The van der Waals surface area contributed by atoms with Gasteiger partial charge in [-0.25, -0.2) is 4.57 Å². The van der Waals surface area contributed by atoms with E-state index >= 15 is 0 Å². The zero-order valence-corrected chi connectivity index (χ0v) is 28.5. The zero-order chi connectivity index (χ0) is 33.3. The van der Waals surface area contributed by atoms with Crippen LogP contribution in [0.1, 0.15) is 116 Å². The molecule has 0 amide bonds. The van der Waals surface area contributed by atoms with Gasteiger partial charge in [-0.1, -0.05) is 119 Å². The number of hydrogen-bond donors (Lipinski definition) is 7. The van der Waals surface area contributed by atoms with Crippen molar-refractivity contribution in [2.45, 2.75) is 110 Å². The Bertz CT molecular complexity index is 1150. The van der Waals surface area contributed by atoms with Crippen molar-refractivity contribution in [2.24, 2.45) is 5.41 Å². The Morgan fingerprint density at radius 3 is 0.976 bits per heavy atom. The first-order valence-electron chi connectivity index (χ1n) is 14.2. The molecule has 0 aliphatic heterocycles. The second-order valence-corrected chi connectivity index (χ2v) is 16.5. The summed E-state index contributed by atoms with van der Waals surface area (Å²) in [5.74, 6) is 0. The number of hydrogen-bond acceptors (Lipinski definition) is 5. The van der Waals surface area contributed by atoms with Gasteiger partial charge in [0.15, 0.2) is 0 Å². The van der Waals surface area contributed by atoms with Gasteiger partial charge in [0.05, 0.1) is 25.2 Å². The molecule has 8 nitrogen and oxygen atoms in total. The minimum absolute atomic E-state index is 0.108. The molecule has 240 valence electrons.